The molecular weight excluding hydrogens is 701 g/mol. The van der Waals surface area contributed by atoms with E-state index in [1.165, 1.54) is 18.3 Å². The quantitative estimate of drug-likeness (QED) is 0.118. The number of likely N-dealkylation sites (tertiary alicyclic amines) is 1. The Hall–Kier alpha value is -6.11. The van der Waals surface area contributed by atoms with Crippen LogP contribution in [0.3, 0.4) is 0 Å². The molecule has 10 nitrogen and oxygen atoms in total. The molecule has 6 rings (SSSR count). The molecular formula is C41H39F3N4O6. The zero-order valence-corrected chi connectivity index (χ0v) is 29.8. The number of carbonyl (C=O) groups excluding carboxylic acids is 2. The Morgan fingerprint density at radius 2 is 1.44 bits per heavy atom. The Kier molecular flexibility index (Phi) is 10.5. The minimum absolute atomic E-state index is 0.0577. The van der Waals surface area contributed by atoms with Gasteiger partial charge in [-0.05, 0) is 73.0 Å². The maximum absolute atomic E-state index is 14.0. The average Bonchev–Trinajstić information content (AvgIpc) is 3.47. The number of carboxylic acids is 1. The first kappa shape index (κ1) is 37.6. The van der Waals surface area contributed by atoms with Crippen LogP contribution in [-0.2, 0) is 26.3 Å². The number of carboxylic acid groups (broad SMARTS) is 1. The molecule has 0 unspecified atom stereocenters. The Labute approximate surface area is 309 Å². The lowest BCUT2D eigenvalue weighted by Crippen LogP contribution is -2.48. The van der Waals surface area contributed by atoms with Gasteiger partial charge in [0.25, 0.3) is 0 Å². The van der Waals surface area contributed by atoms with Gasteiger partial charge in [0, 0.05) is 24.5 Å². The van der Waals surface area contributed by atoms with Gasteiger partial charge in [0.05, 0.1) is 0 Å². The molecule has 1 aromatic heterocycles. The van der Waals surface area contributed by atoms with E-state index in [4.69, 9.17) is 4.74 Å². The third-order valence-electron chi connectivity index (χ3n) is 9.10. The van der Waals surface area contributed by atoms with Gasteiger partial charge in [0.1, 0.15) is 34.8 Å². The second-order valence-corrected chi connectivity index (χ2v) is 13.9. The summed E-state index contributed by atoms with van der Waals surface area (Å²) in [7, 11) is 0. The van der Waals surface area contributed by atoms with Crippen LogP contribution in [0.2, 0.25) is 0 Å². The molecule has 0 bridgehead atoms. The number of hydrogen-bond donors (Lipinski definition) is 3. The van der Waals surface area contributed by atoms with Gasteiger partial charge in [0.2, 0.25) is 5.91 Å². The standard InChI is InChI=1S/C41H39F3N4O6/c1-39(2,3)54-38(52)46-32-20-22-48(36(32)49)33(37(50)51)24-27-23-26-19-21-45-35(31(26)25-34(27)53-41(42,43)44)47-40(28-13-7-4-8-14-28,29-15-9-5-10-16-29)30-17-11-6-12-18-30/h4-19,21,23,25,32-33H,20,22,24H2,1-3H3,(H,45,47)(H,46,52)(H,50,51)/t32-,33+/m0/s1. The van der Waals surface area contributed by atoms with Crippen molar-refractivity contribution >= 4 is 34.6 Å². The summed E-state index contributed by atoms with van der Waals surface area (Å²) < 4.78 is 51.8. The van der Waals surface area contributed by atoms with Crippen molar-refractivity contribution in [2.75, 3.05) is 11.9 Å². The number of anilines is 1. The summed E-state index contributed by atoms with van der Waals surface area (Å²) in [4.78, 5) is 44.0. The van der Waals surface area contributed by atoms with E-state index in [0.717, 1.165) is 21.6 Å². The smallest absolute Gasteiger partial charge is 0.480 e. The molecule has 1 aliphatic rings. The summed E-state index contributed by atoms with van der Waals surface area (Å²) in [5.41, 5.74) is 0.511. The van der Waals surface area contributed by atoms with Crippen LogP contribution in [0.15, 0.2) is 115 Å². The molecule has 4 aromatic carbocycles. The number of aliphatic carboxylic acids is 1. The monoisotopic (exact) mass is 740 g/mol. The van der Waals surface area contributed by atoms with E-state index in [1.807, 2.05) is 91.0 Å². The number of hydrogen-bond acceptors (Lipinski definition) is 7. The van der Waals surface area contributed by atoms with Crippen LogP contribution in [0.1, 0.15) is 49.4 Å². The van der Waals surface area contributed by atoms with Crippen molar-refractivity contribution in [2.45, 2.75) is 63.2 Å². The first-order valence-corrected chi connectivity index (χ1v) is 17.3. The number of ether oxygens (including phenoxy) is 2. The number of benzene rings is 4. The highest BCUT2D eigenvalue weighted by Gasteiger charge is 2.42. The van der Waals surface area contributed by atoms with Crippen LogP contribution < -0.4 is 15.4 Å². The van der Waals surface area contributed by atoms with Gasteiger partial charge in [-0.15, -0.1) is 13.2 Å². The number of amides is 2. The van der Waals surface area contributed by atoms with Crippen LogP contribution in [0.25, 0.3) is 10.8 Å². The Morgan fingerprint density at radius 1 is 0.889 bits per heavy atom. The lowest BCUT2D eigenvalue weighted by Gasteiger charge is -2.37. The fourth-order valence-corrected chi connectivity index (χ4v) is 6.82. The summed E-state index contributed by atoms with van der Waals surface area (Å²) in [5, 5.41) is 17.1. The molecule has 2 amide bonds. The number of nitrogens with one attached hydrogen (secondary N) is 2. The van der Waals surface area contributed by atoms with Crippen LogP contribution in [0.5, 0.6) is 5.75 Å². The van der Waals surface area contributed by atoms with Gasteiger partial charge in [-0.3, -0.25) is 4.79 Å². The molecule has 2 atom stereocenters. The van der Waals surface area contributed by atoms with Gasteiger partial charge >= 0.3 is 18.4 Å². The van der Waals surface area contributed by atoms with Crippen molar-refractivity contribution in [2.24, 2.45) is 0 Å². The molecule has 280 valence electrons. The normalized spacial score (nSPS) is 15.5. The number of rotatable bonds is 11. The molecule has 3 N–H and O–H groups in total. The fraction of sp³-hybridized carbons (Fsp3) is 0.268. The second kappa shape index (κ2) is 15.1. The van der Waals surface area contributed by atoms with Gasteiger partial charge in [-0.1, -0.05) is 91.0 Å². The van der Waals surface area contributed by atoms with Gasteiger partial charge in [0.15, 0.2) is 0 Å². The van der Waals surface area contributed by atoms with Crippen molar-refractivity contribution in [3.63, 3.8) is 0 Å². The third kappa shape index (κ3) is 8.25. The number of alkyl carbamates (subject to hydrolysis) is 1. The van der Waals surface area contributed by atoms with E-state index in [-0.39, 0.29) is 29.7 Å². The summed E-state index contributed by atoms with van der Waals surface area (Å²) >= 11 is 0. The van der Waals surface area contributed by atoms with Gasteiger partial charge in [-0.25, -0.2) is 14.6 Å². The molecule has 1 saturated heterocycles. The van der Waals surface area contributed by atoms with E-state index in [1.54, 1.807) is 26.8 Å². The molecule has 0 spiro atoms. The van der Waals surface area contributed by atoms with Crippen molar-refractivity contribution in [1.82, 2.24) is 15.2 Å². The number of halogens is 3. The second-order valence-electron chi connectivity index (χ2n) is 13.9. The topological polar surface area (TPSA) is 130 Å². The highest BCUT2D eigenvalue weighted by molar-refractivity contribution is 5.95. The van der Waals surface area contributed by atoms with E-state index < -0.39 is 59.7 Å². The third-order valence-corrected chi connectivity index (χ3v) is 9.10. The largest absolute Gasteiger partial charge is 0.573 e. The molecule has 1 fully saturated rings. The van der Waals surface area contributed by atoms with Crippen LogP contribution in [-0.4, -0.2) is 63.6 Å². The molecule has 0 saturated carbocycles. The minimum Gasteiger partial charge on any atom is -0.480 e. The first-order valence-electron chi connectivity index (χ1n) is 17.3. The predicted molar refractivity (Wildman–Crippen MR) is 196 cm³/mol. The molecule has 5 aromatic rings. The Bertz CT molecular complexity index is 2030. The minimum atomic E-state index is -5.13. The molecule has 2 heterocycles. The van der Waals surface area contributed by atoms with Crippen LogP contribution >= 0.6 is 0 Å². The number of alkyl halides is 3. The Morgan fingerprint density at radius 3 is 1.94 bits per heavy atom. The van der Waals surface area contributed by atoms with Crippen molar-refractivity contribution in [1.29, 1.82) is 0 Å². The average molecular weight is 741 g/mol. The summed E-state index contributed by atoms with van der Waals surface area (Å²) in [6.07, 6.45) is -4.91. The number of fused-ring (bicyclic) bond motifs is 1. The predicted octanol–water partition coefficient (Wildman–Crippen LogP) is 7.66. The fourth-order valence-electron chi connectivity index (χ4n) is 6.82. The van der Waals surface area contributed by atoms with Crippen LogP contribution in [0.4, 0.5) is 23.8 Å². The molecule has 1 aliphatic heterocycles. The van der Waals surface area contributed by atoms with E-state index in [0.29, 0.717) is 5.39 Å². The number of aromatic nitrogens is 1. The first-order chi connectivity index (χ1) is 25.6. The summed E-state index contributed by atoms with van der Waals surface area (Å²) in [6, 6.07) is 30.4. The molecule has 0 radical (unpaired) electrons. The maximum Gasteiger partial charge on any atom is 0.573 e. The van der Waals surface area contributed by atoms with Crippen molar-refractivity contribution in [3.05, 3.63) is 138 Å². The van der Waals surface area contributed by atoms with E-state index >= 15 is 0 Å². The van der Waals surface area contributed by atoms with Gasteiger partial charge in [-0.2, -0.15) is 0 Å². The number of nitrogens with zero attached hydrogens (tertiary/aromatic N) is 2. The number of carbonyl (C=O) groups is 3. The zero-order chi connectivity index (χ0) is 38.7. The Balaban J connectivity index is 1.42. The lowest BCUT2D eigenvalue weighted by atomic mass is 9.77. The highest BCUT2D eigenvalue weighted by atomic mass is 19.4. The SMILES string of the molecule is CC(C)(C)OC(=O)N[C@H]1CCN([C@H](Cc2cc3ccnc(NC(c4ccccc4)(c4ccccc4)c4ccccc4)c3cc2OC(F)(F)F)C(=O)O)C1=O. The van der Waals surface area contributed by atoms with E-state index in [9.17, 15) is 32.7 Å². The summed E-state index contributed by atoms with van der Waals surface area (Å²) in [6.45, 7) is 4.90. The van der Waals surface area contributed by atoms with Crippen molar-refractivity contribution in [3.8, 4) is 5.75 Å². The molecule has 0 aliphatic carbocycles. The maximum atomic E-state index is 14.0. The van der Waals surface area contributed by atoms with Crippen molar-refractivity contribution < 1.29 is 42.1 Å². The number of pyridine rings is 1. The lowest BCUT2D eigenvalue weighted by molar-refractivity contribution is -0.274. The molecule has 54 heavy (non-hydrogen) atoms. The van der Waals surface area contributed by atoms with Crippen LogP contribution in [0, 0.1) is 0 Å². The summed E-state index contributed by atoms with van der Waals surface area (Å²) in [5.74, 6) is -2.53. The van der Waals surface area contributed by atoms with E-state index in [2.05, 4.69) is 20.4 Å². The molecule has 13 heteroatoms. The van der Waals surface area contributed by atoms with Gasteiger partial charge < -0.3 is 30.1 Å². The highest BCUT2D eigenvalue weighted by Crippen LogP contribution is 2.42. The zero-order valence-electron chi connectivity index (χ0n) is 29.8.